The first-order chi connectivity index (χ1) is 8.79. The summed E-state index contributed by atoms with van der Waals surface area (Å²) in [5.41, 5.74) is 1.34. The molecular weight excluding hydrogens is 222 g/mol. The molecule has 0 unspecified atom stereocenters. The third kappa shape index (κ3) is 3.74. The molecule has 2 nitrogen and oxygen atoms in total. The van der Waals surface area contributed by atoms with Crippen molar-refractivity contribution in [1.82, 2.24) is 5.32 Å². The molecule has 0 heterocycles. The van der Waals surface area contributed by atoms with E-state index in [0.29, 0.717) is 6.04 Å². The number of ether oxygens (including phenoxy) is 1. The lowest BCUT2D eigenvalue weighted by molar-refractivity contribution is 0.340. The van der Waals surface area contributed by atoms with E-state index in [2.05, 4.69) is 36.5 Å². The van der Waals surface area contributed by atoms with Crippen molar-refractivity contribution in [1.29, 1.82) is 0 Å². The molecule has 1 aliphatic rings. The zero-order valence-electron chi connectivity index (χ0n) is 11.6. The summed E-state index contributed by atoms with van der Waals surface area (Å²) in [5, 5.41) is 3.65. The Morgan fingerprint density at radius 2 is 1.89 bits per heavy atom. The first kappa shape index (κ1) is 13.4. The van der Waals surface area contributed by atoms with Gasteiger partial charge in [-0.25, -0.2) is 0 Å². The van der Waals surface area contributed by atoms with Gasteiger partial charge < -0.3 is 10.1 Å². The van der Waals surface area contributed by atoms with Gasteiger partial charge in [-0.05, 0) is 50.3 Å². The Morgan fingerprint density at radius 3 is 2.50 bits per heavy atom. The normalized spacial score (nSPS) is 17.9. The van der Waals surface area contributed by atoms with Crippen molar-refractivity contribution in [2.45, 2.75) is 52.1 Å². The zero-order chi connectivity index (χ0) is 12.8. The Kier molecular flexibility index (Phi) is 5.06. The minimum atomic E-state index is 0.638. The lowest BCUT2D eigenvalue weighted by Gasteiger charge is -2.20. The second kappa shape index (κ2) is 6.79. The first-order valence-electron chi connectivity index (χ1n) is 7.24. The van der Waals surface area contributed by atoms with E-state index in [4.69, 9.17) is 4.74 Å². The van der Waals surface area contributed by atoms with Crippen LogP contribution in [0.3, 0.4) is 0 Å². The summed E-state index contributed by atoms with van der Waals surface area (Å²) in [5.74, 6) is 1.85. The average molecular weight is 247 g/mol. The molecule has 0 bridgehead atoms. The second-order valence-corrected chi connectivity index (χ2v) is 5.29. The minimum Gasteiger partial charge on any atom is -0.494 e. The smallest absolute Gasteiger partial charge is 0.119 e. The largest absolute Gasteiger partial charge is 0.494 e. The molecule has 1 aliphatic carbocycles. The quantitative estimate of drug-likeness (QED) is 0.826. The molecule has 1 N–H and O–H groups in total. The van der Waals surface area contributed by atoms with Crippen LogP contribution in [-0.4, -0.2) is 12.6 Å². The Balaban J connectivity index is 1.78. The number of hydrogen-bond donors (Lipinski definition) is 1. The van der Waals surface area contributed by atoms with Gasteiger partial charge in [-0.2, -0.15) is 0 Å². The molecule has 1 fully saturated rings. The van der Waals surface area contributed by atoms with Crippen molar-refractivity contribution in [3.63, 3.8) is 0 Å². The van der Waals surface area contributed by atoms with Crippen LogP contribution < -0.4 is 10.1 Å². The van der Waals surface area contributed by atoms with E-state index in [-0.39, 0.29) is 0 Å². The molecule has 1 aromatic rings. The van der Waals surface area contributed by atoms with Crippen molar-refractivity contribution < 1.29 is 4.74 Å². The van der Waals surface area contributed by atoms with Crippen molar-refractivity contribution in [3.8, 4) is 5.75 Å². The summed E-state index contributed by atoms with van der Waals surface area (Å²) in [6, 6.07) is 9.05. The molecule has 2 rings (SSSR count). The van der Waals surface area contributed by atoms with E-state index >= 15 is 0 Å². The van der Waals surface area contributed by atoms with Crippen LogP contribution in [-0.2, 0) is 6.54 Å². The molecule has 1 aromatic carbocycles. The molecule has 0 saturated heterocycles. The standard InChI is InChI=1S/C16H25NO/c1-3-18-16-10-8-14(9-11-16)12-17-13(2)15-6-4-5-7-15/h8-11,13,15,17H,3-7,12H2,1-2H3/t13-/m1/s1. The molecule has 0 spiro atoms. The topological polar surface area (TPSA) is 21.3 Å². The van der Waals surface area contributed by atoms with E-state index in [9.17, 15) is 0 Å². The van der Waals surface area contributed by atoms with Gasteiger partial charge in [0, 0.05) is 12.6 Å². The van der Waals surface area contributed by atoms with Crippen LogP contribution in [0, 0.1) is 5.92 Å². The highest BCUT2D eigenvalue weighted by Gasteiger charge is 2.20. The van der Waals surface area contributed by atoms with Gasteiger partial charge in [0.15, 0.2) is 0 Å². The van der Waals surface area contributed by atoms with Gasteiger partial charge in [0.1, 0.15) is 5.75 Å². The number of benzene rings is 1. The fraction of sp³-hybridized carbons (Fsp3) is 0.625. The molecule has 18 heavy (non-hydrogen) atoms. The molecule has 1 saturated carbocycles. The van der Waals surface area contributed by atoms with E-state index in [1.54, 1.807) is 0 Å². The highest BCUT2D eigenvalue weighted by Crippen LogP contribution is 2.27. The fourth-order valence-corrected chi connectivity index (χ4v) is 2.77. The Labute approximate surface area is 111 Å². The maximum Gasteiger partial charge on any atom is 0.119 e. The second-order valence-electron chi connectivity index (χ2n) is 5.29. The van der Waals surface area contributed by atoms with E-state index in [0.717, 1.165) is 24.8 Å². The van der Waals surface area contributed by atoms with E-state index in [1.165, 1.54) is 31.2 Å². The monoisotopic (exact) mass is 247 g/mol. The molecule has 2 heteroatoms. The summed E-state index contributed by atoms with van der Waals surface area (Å²) in [4.78, 5) is 0. The maximum absolute atomic E-state index is 5.45. The molecular formula is C16H25NO. The van der Waals surface area contributed by atoms with Gasteiger partial charge >= 0.3 is 0 Å². The van der Waals surface area contributed by atoms with Crippen molar-refractivity contribution >= 4 is 0 Å². The predicted octanol–water partition coefficient (Wildman–Crippen LogP) is 3.75. The number of hydrogen-bond acceptors (Lipinski definition) is 2. The van der Waals surface area contributed by atoms with Crippen LogP contribution >= 0.6 is 0 Å². The Bertz CT molecular complexity index is 341. The van der Waals surface area contributed by atoms with Crippen molar-refractivity contribution in [3.05, 3.63) is 29.8 Å². The van der Waals surface area contributed by atoms with Gasteiger partial charge in [-0.15, -0.1) is 0 Å². The Morgan fingerprint density at radius 1 is 1.22 bits per heavy atom. The van der Waals surface area contributed by atoms with E-state index in [1.807, 2.05) is 6.92 Å². The molecule has 100 valence electrons. The van der Waals surface area contributed by atoms with Crippen molar-refractivity contribution in [2.24, 2.45) is 5.92 Å². The number of rotatable bonds is 6. The van der Waals surface area contributed by atoms with Crippen LogP contribution in [0.25, 0.3) is 0 Å². The third-order valence-corrected chi connectivity index (χ3v) is 3.97. The van der Waals surface area contributed by atoms with Gasteiger partial charge in [0.25, 0.3) is 0 Å². The van der Waals surface area contributed by atoms with E-state index < -0.39 is 0 Å². The summed E-state index contributed by atoms with van der Waals surface area (Å²) < 4.78 is 5.45. The zero-order valence-corrected chi connectivity index (χ0v) is 11.6. The SMILES string of the molecule is CCOc1ccc(CN[C@H](C)C2CCCC2)cc1. The first-order valence-corrected chi connectivity index (χ1v) is 7.24. The lowest BCUT2D eigenvalue weighted by atomic mass is 9.99. The summed E-state index contributed by atoms with van der Waals surface area (Å²) >= 11 is 0. The van der Waals surface area contributed by atoms with Crippen LogP contribution in [0.2, 0.25) is 0 Å². The van der Waals surface area contributed by atoms with Gasteiger partial charge in [0.05, 0.1) is 6.61 Å². The maximum atomic E-state index is 5.45. The summed E-state index contributed by atoms with van der Waals surface area (Å²) in [7, 11) is 0. The minimum absolute atomic E-state index is 0.638. The Hall–Kier alpha value is -1.02. The highest BCUT2D eigenvalue weighted by atomic mass is 16.5. The summed E-state index contributed by atoms with van der Waals surface area (Å²) in [6.07, 6.45) is 5.63. The molecule has 0 aliphatic heterocycles. The highest BCUT2D eigenvalue weighted by molar-refractivity contribution is 5.27. The van der Waals surface area contributed by atoms with Gasteiger partial charge in [0.2, 0.25) is 0 Å². The van der Waals surface area contributed by atoms with Crippen LogP contribution in [0.15, 0.2) is 24.3 Å². The van der Waals surface area contributed by atoms with Gasteiger partial charge in [-0.3, -0.25) is 0 Å². The van der Waals surface area contributed by atoms with Crippen LogP contribution in [0.5, 0.6) is 5.75 Å². The molecule has 0 aromatic heterocycles. The van der Waals surface area contributed by atoms with Gasteiger partial charge in [-0.1, -0.05) is 25.0 Å². The molecule has 1 atom stereocenters. The molecule has 0 radical (unpaired) electrons. The summed E-state index contributed by atoms with van der Waals surface area (Å²) in [6.45, 7) is 6.03. The lowest BCUT2D eigenvalue weighted by Crippen LogP contribution is -2.31. The third-order valence-electron chi connectivity index (χ3n) is 3.97. The molecule has 0 amide bonds. The van der Waals surface area contributed by atoms with Crippen LogP contribution in [0.1, 0.15) is 45.1 Å². The van der Waals surface area contributed by atoms with Crippen molar-refractivity contribution in [2.75, 3.05) is 6.61 Å². The number of nitrogens with one attached hydrogen (secondary N) is 1. The van der Waals surface area contributed by atoms with Crippen LogP contribution in [0.4, 0.5) is 0 Å². The predicted molar refractivity (Wildman–Crippen MR) is 75.9 cm³/mol. The fourth-order valence-electron chi connectivity index (χ4n) is 2.77. The average Bonchev–Trinajstić information content (AvgIpc) is 2.92.